The SMILES string of the molecule is CN1CCN(CC(O)CN(C)CC(=O)N2CCCC2)CC1. The van der Waals surface area contributed by atoms with Gasteiger partial charge in [-0.05, 0) is 26.9 Å². The summed E-state index contributed by atoms with van der Waals surface area (Å²) >= 11 is 0. The minimum Gasteiger partial charge on any atom is -0.390 e. The standard InChI is InChI=1S/C15H30N4O2/c1-16-7-9-18(10-8-16)12-14(20)11-17(2)13-15(21)19-5-3-4-6-19/h14,20H,3-13H2,1-2H3. The lowest BCUT2D eigenvalue weighted by atomic mass is 10.2. The van der Waals surface area contributed by atoms with Crippen LogP contribution in [0.15, 0.2) is 0 Å². The number of aliphatic hydroxyl groups is 1. The van der Waals surface area contributed by atoms with Crippen LogP contribution in [0.4, 0.5) is 0 Å². The zero-order chi connectivity index (χ0) is 15.2. The van der Waals surface area contributed by atoms with E-state index in [-0.39, 0.29) is 12.0 Å². The van der Waals surface area contributed by atoms with Gasteiger partial charge in [-0.2, -0.15) is 0 Å². The number of carbonyl (C=O) groups excluding carboxylic acids is 1. The normalized spacial score (nSPS) is 23.0. The summed E-state index contributed by atoms with van der Waals surface area (Å²) in [4.78, 5) is 20.5. The Morgan fingerprint density at radius 1 is 1.14 bits per heavy atom. The summed E-state index contributed by atoms with van der Waals surface area (Å²) in [7, 11) is 4.05. The summed E-state index contributed by atoms with van der Waals surface area (Å²) in [5, 5.41) is 10.2. The van der Waals surface area contributed by atoms with Gasteiger partial charge in [-0.15, -0.1) is 0 Å². The second-order valence-corrected chi connectivity index (χ2v) is 6.54. The van der Waals surface area contributed by atoms with Gasteiger partial charge in [0.05, 0.1) is 12.6 Å². The largest absolute Gasteiger partial charge is 0.390 e. The van der Waals surface area contributed by atoms with Gasteiger partial charge in [-0.25, -0.2) is 0 Å². The molecule has 2 fully saturated rings. The molecule has 1 atom stereocenters. The molecule has 2 heterocycles. The molecule has 122 valence electrons. The third kappa shape index (κ3) is 5.54. The molecule has 1 unspecified atom stereocenters. The van der Waals surface area contributed by atoms with Crippen LogP contribution in [0.2, 0.25) is 0 Å². The minimum absolute atomic E-state index is 0.196. The van der Waals surface area contributed by atoms with Gasteiger partial charge >= 0.3 is 0 Å². The number of likely N-dealkylation sites (N-methyl/N-ethyl adjacent to an activating group) is 2. The molecule has 0 bridgehead atoms. The van der Waals surface area contributed by atoms with Crippen LogP contribution in [0.3, 0.4) is 0 Å². The molecule has 0 aromatic rings. The van der Waals surface area contributed by atoms with Gasteiger partial charge in [0.1, 0.15) is 0 Å². The topological polar surface area (TPSA) is 50.3 Å². The first-order valence-corrected chi connectivity index (χ1v) is 8.10. The van der Waals surface area contributed by atoms with Crippen LogP contribution in [0.1, 0.15) is 12.8 Å². The highest BCUT2D eigenvalue weighted by Gasteiger charge is 2.21. The Labute approximate surface area is 128 Å². The molecule has 2 rings (SSSR count). The van der Waals surface area contributed by atoms with Crippen molar-refractivity contribution in [1.29, 1.82) is 0 Å². The summed E-state index contributed by atoms with van der Waals surface area (Å²) in [6, 6.07) is 0. The van der Waals surface area contributed by atoms with Crippen molar-refractivity contribution in [2.24, 2.45) is 0 Å². The smallest absolute Gasteiger partial charge is 0.236 e. The Balaban J connectivity index is 1.64. The molecule has 0 saturated carbocycles. The van der Waals surface area contributed by atoms with E-state index >= 15 is 0 Å². The molecule has 1 N–H and O–H groups in total. The van der Waals surface area contributed by atoms with Crippen LogP contribution in [-0.4, -0.2) is 110 Å². The summed E-state index contributed by atoms with van der Waals surface area (Å²) < 4.78 is 0. The minimum atomic E-state index is -0.384. The number of nitrogens with zero attached hydrogens (tertiary/aromatic N) is 4. The van der Waals surface area contributed by atoms with Crippen molar-refractivity contribution < 1.29 is 9.90 Å². The number of hydrogen-bond acceptors (Lipinski definition) is 5. The van der Waals surface area contributed by atoms with E-state index in [1.807, 2.05) is 16.8 Å². The first-order valence-electron chi connectivity index (χ1n) is 8.10. The van der Waals surface area contributed by atoms with E-state index in [0.717, 1.165) is 52.1 Å². The maximum atomic E-state index is 12.1. The first kappa shape index (κ1) is 16.7. The Morgan fingerprint density at radius 3 is 2.38 bits per heavy atom. The molecule has 0 aromatic heterocycles. The number of carbonyl (C=O) groups is 1. The Kier molecular flexibility index (Phi) is 6.41. The molecular formula is C15H30N4O2. The lowest BCUT2D eigenvalue weighted by Crippen LogP contribution is -2.49. The van der Waals surface area contributed by atoms with Crippen LogP contribution >= 0.6 is 0 Å². The predicted octanol–water partition coefficient (Wildman–Crippen LogP) is -0.851. The number of β-amino-alcohol motifs (C(OH)–C–C–N with tert-alkyl or cyclic N) is 1. The number of hydrogen-bond donors (Lipinski definition) is 1. The van der Waals surface area contributed by atoms with Crippen molar-refractivity contribution in [3.63, 3.8) is 0 Å². The van der Waals surface area contributed by atoms with Crippen LogP contribution in [0.5, 0.6) is 0 Å². The summed E-state index contributed by atoms with van der Waals surface area (Å²) in [6.45, 7) is 7.65. The summed E-state index contributed by atoms with van der Waals surface area (Å²) in [6.07, 6.45) is 1.87. The Hall–Kier alpha value is -0.690. The number of rotatable bonds is 6. The van der Waals surface area contributed by atoms with Gasteiger partial charge in [0.2, 0.25) is 5.91 Å². The average Bonchev–Trinajstić information content (AvgIpc) is 2.95. The van der Waals surface area contributed by atoms with Crippen LogP contribution < -0.4 is 0 Å². The number of amides is 1. The van der Waals surface area contributed by atoms with Crippen molar-refractivity contribution in [2.45, 2.75) is 18.9 Å². The third-order valence-corrected chi connectivity index (χ3v) is 4.45. The Morgan fingerprint density at radius 2 is 1.76 bits per heavy atom. The van der Waals surface area contributed by atoms with Crippen LogP contribution in [-0.2, 0) is 4.79 Å². The zero-order valence-electron chi connectivity index (χ0n) is 13.5. The number of piperazine rings is 1. The quantitative estimate of drug-likeness (QED) is 0.692. The molecule has 6 nitrogen and oxygen atoms in total. The summed E-state index contributed by atoms with van der Waals surface area (Å²) in [5.74, 6) is 0.196. The highest BCUT2D eigenvalue weighted by molar-refractivity contribution is 5.78. The lowest BCUT2D eigenvalue weighted by molar-refractivity contribution is -0.131. The van der Waals surface area contributed by atoms with E-state index in [1.54, 1.807) is 0 Å². The molecule has 2 saturated heterocycles. The number of likely N-dealkylation sites (tertiary alicyclic amines) is 1. The van der Waals surface area contributed by atoms with Gasteiger partial charge in [0.25, 0.3) is 0 Å². The first-order chi connectivity index (χ1) is 10.0. The highest BCUT2D eigenvalue weighted by atomic mass is 16.3. The molecule has 0 radical (unpaired) electrons. The molecule has 2 aliphatic heterocycles. The van der Waals surface area contributed by atoms with Gasteiger partial charge in [-0.3, -0.25) is 14.6 Å². The fourth-order valence-electron chi connectivity index (χ4n) is 3.11. The fraction of sp³-hybridized carbons (Fsp3) is 0.933. The van der Waals surface area contributed by atoms with Gasteiger partial charge in [0.15, 0.2) is 0 Å². The van der Waals surface area contributed by atoms with E-state index in [4.69, 9.17) is 0 Å². The molecule has 0 aromatic carbocycles. The third-order valence-electron chi connectivity index (χ3n) is 4.45. The molecule has 6 heteroatoms. The molecular weight excluding hydrogens is 268 g/mol. The number of aliphatic hydroxyl groups excluding tert-OH is 1. The van der Waals surface area contributed by atoms with Gasteiger partial charge in [0, 0.05) is 52.4 Å². The second kappa shape index (κ2) is 8.08. The second-order valence-electron chi connectivity index (χ2n) is 6.54. The van der Waals surface area contributed by atoms with E-state index in [1.165, 1.54) is 0 Å². The fourth-order valence-corrected chi connectivity index (χ4v) is 3.11. The van der Waals surface area contributed by atoms with Crippen LogP contribution in [0.25, 0.3) is 0 Å². The maximum Gasteiger partial charge on any atom is 0.236 e. The molecule has 1 amide bonds. The average molecular weight is 298 g/mol. The molecule has 21 heavy (non-hydrogen) atoms. The van der Waals surface area contributed by atoms with Crippen molar-refractivity contribution in [3.05, 3.63) is 0 Å². The van der Waals surface area contributed by atoms with Crippen LogP contribution in [0, 0.1) is 0 Å². The molecule has 0 spiro atoms. The zero-order valence-corrected chi connectivity index (χ0v) is 13.5. The highest BCUT2D eigenvalue weighted by Crippen LogP contribution is 2.08. The molecule has 2 aliphatic rings. The summed E-state index contributed by atoms with van der Waals surface area (Å²) in [5.41, 5.74) is 0. The van der Waals surface area contributed by atoms with E-state index in [2.05, 4.69) is 16.8 Å². The van der Waals surface area contributed by atoms with Crippen molar-refractivity contribution in [2.75, 3.05) is 73.0 Å². The van der Waals surface area contributed by atoms with E-state index in [0.29, 0.717) is 19.6 Å². The van der Waals surface area contributed by atoms with Gasteiger partial charge in [-0.1, -0.05) is 0 Å². The van der Waals surface area contributed by atoms with E-state index < -0.39 is 0 Å². The predicted molar refractivity (Wildman–Crippen MR) is 83.3 cm³/mol. The monoisotopic (exact) mass is 298 g/mol. The Bertz CT molecular complexity index is 326. The van der Waals surface area contributed by atoms with Crippen molar-refractivity contribution in [3.8, 4) is 0 Å². The van der Waals surface area contributed by atoms with E-state index in [9.17, 15) is 9.90 Å². The maximum absolute atomic E-state index is 12.1. The molecule has 0 aliphatic carbocycles. The lowest BCUT2D eigenvalue weighted by Gasteiger charge is -2.34. The van der Waals surface area contributed by atoms with Gasteiger partial charge < -0.3 is 14.9 Å². The van der Waals surface area contributed by atoms with Crippen molar-refractivity contribution in [1.82, 2.24) is 19.6 Å². The van der Waals surface area contributed by atoms with Crippen molar-refractivity contribution >= 4 is 5.91 Å².